The Morgan fingerprint density at radius 1 is 1.17 bits per heavy atom. The van der Waals surface area contributed by atoms with E-state index in [0.29, 0.717) is 11.1 Å². The molecule has 4 nitrogen and oxygen atoms in total. The van der Waals surface area contributed by atoms with Crippen LogP contribution in [0.1, 0.15) is 49.6 Å². The molecule has 7 heteroatoms. The maximum absolute atomic E-state index is 5.84. The number of aromatic nitrogens is 3. The minimum atomic E-state index is 0.468. The van der Waals surface area contributed by atoms with Crippen molar-refractivity contribution in [2.75, 3.05) is 0 Å². The van der Waals surface area contributed by atoms with Gasteiger partial charge in [0.15, 0.2) is 0 Å². The minimum absolute atomic E-state index is 0.468. The third kappa shape index (κ3) is 3.67. The molecule has 1 aliphatic rings. The number of thioether (sulfide) groups is 1. The summed E-state index contributed by atoms with van der Waals surface area (Å²) in [5.41, 5.74) is 2.27. The monoisotopic (exact) mass is 363 g/mol. The van der Waals surface area contributed by atoms with Gasteiger partial charge in [-0.25, -0.2) is 4.98 Å². The summed E-state index contributed by atoms with van der Waals surface area (Å²) < 4.78 is 5.84. The molecule has 0 unspecified atom stereocenters. The van der Waals surface area contributed by atoms with Gasteiger partial charge in [-0.3, -0.25) is 0 Å². The molecule has 0 bridgehead atoms. The van der Waals surface area contributed by atoms with Crippen LogP contribution in [0.2, 0.25) is 0 Å². The summed E-state index contributed by atoms with van der Waals surface area (Å²) >= 11 is 4.96. The summed E-state index contributed by atoms with van der Waals surface area (Å²) in [6.45, 7) is 0. The number of hydrogen-bond acceptors (Lipinski definition) is 7. The van der Waals surface area contributed by atoms with Gasteiger partial charge >= 0.3 is 0 Å². The Hall–Kier alpha value is -1.18. The summed E-state index contributed by atoms with van der Waals surface area (Å²) in [4.78, 5) is 4.68. The number of thiazole rings is 1. The molecule has 23 heavy (non-hydrogen) atoms. The summed E-state index contributed by atoms with van der Waals surface area (Å²) in [7, 11) is 0. The van der Waals surface area contributed by atoms with Crippen LogP contribution in [0.3, 0.4) is 0 Å². The molecule has 3 aromatic rings. The molecule has 120 valence electrons. The Kier molecular flexibility index (Phi) is 4.77. The minimum Gasteiger partial charge on any atom is -0.416 e. The molecule has 0 aromatic carbocycles. The van der Waals surface area contributed by atoms with Crippen molar-refractivity contribution in [1.29, 1.82) is 0 Å². The Labute approximate surface area is 147 Å². The molecule has 0 amide bonds. The SMILES string of the molecule is c1cc(-c2nc(CSc3nnc(C4CCCCC4)o3)cs2)cs1. The second-order valence-corrected chi connectivity index (χ2v) is 8.25. The van der Waals surface area contributed by atoms with E-state index < -0.39 is 0 Å². The van der Waals surface area contributed by atoms with Gasteiger partial charge in [0.2, 0.25) is 5.89 Å². The number of thiophene rings is 1. The smallest absolute Gasteiger partial charge is 0.276 e. The molecule has 3 aromatic heterocycles. The first-order valence-corrected chi connectivity index (χ1v) is 10.6. The number of hydrogen-bond donors (Lipinski definition) is 0. The van der Waals surface area contributed by atoms with Crippen LogP contribution in [0.5, 0.6) is 0 Å². The van der Waals surface area contributed by atoms with E-state index in [2.05, 4.69) is 37.4 Å². The first kappa shape index (κ1) is 15.4. The van der Waals surface area contributed by atoms with Crippen LogP contribution in [-0.4, -0.2) is 15.2 Å². The fourth-order valence-corrected chi connectivity index (χ4v) is 5.12. The molecular weight excluding hydrogens is 346 g/mol. The highest BCUT2D eigenvalue weighted by Crippen LogP contribution is 2.34. The van der Waals surface area contributed by atoms with E-state index in [9.17, 15) is 0 Å². The number of rotatable bonds is 5. The molecule has 1 aliphatic carbocycles. The Morgan fingerprint density at radius 2 is 2.09 bits per heavy atom. The van der Waals surface area contributed by atoms with E-state index in [0.717, 1.165) is 22.3 Å². The van der Waals surface area contributed by atoms with Crippen LogP contribution in [0.15, 0.2) is 31.8 Å². The summed E-state index contributed by atoms with van der Waals surface area (Å²) in [6, 6.07) is 2.11. The molecule has 3 heterocycles. The highest BCUT2D eigenvalue weighted by molar-refractivity contribution is 7.98. The van der Waals surface area contributed by atoms with Gasteiger partial charge in [0, 0.05) is 28.0 Å². The van der Waals surface area contributed by atoms with Gasteiger partial charge in [-0.1, -0.05) is 31.0 Å². The van der Waals surface area contributed by atoms with Gasteiger partial charge in [-0.2, -0.15) is 11.3 Å². The first-order chi connectivity index (χ1) is 11.4. The number of nitrogens with zero attached hydrogens (tertiary/aromatic N) is 3. The van der Waals surface area contributed by atoms with Gasteiger partial charge < -0.3 is 4.42 Å². The zero-order valence-corrected chi connectivity index (χ0v) is 15.1. The van der Waals surface area contributed by atoms with Crippen LogP contribution in [0.4, 0.5) is 0 Å². The van der Waals surface area contributed by atoms with E-state index in [1.54, 1.807) is 34.4 Å². The van der Waals surface area contributed by atoms with Gasteiger partial charge in [-0.15, -0.1) is 21.5 Å². The Bertz CT molecular complexity index is 744. The normalized spacial score (nSPS) is 16.0. The van der Waals surface area contributed by atoms with Gasteiger partial charge in [0.25, 0.3) is 5.22 Å². The van der Waals surface area contributed by atoms with Crippen molar-refractivity contribution >= 4 is 34.4 Å². The maximum atomic E-state index is 5.84. The zero-order chi connectivity index (χ0) is 15.5. The predicted octanol–water partition coefficient (Wildman–Crippen LogP) is 5.59. The second-order valence-electron chi connectivity index (χ2n) is 5.69. The average molecular weight is 364 g/mol. The molecule has 1 fully saturated rings. The highest BCUT2D eigenvalue weighted by atomic mass is 32.2. The third-order valence-corrected chi connectivity index (χ3v) is 6.52. The Balaban J connectivity index is 1.37. The van der Waals surface area contributed by atoms with E-state index in [1.807, 2.05) is 0 Å². The lowest BCUT2D eigenvalue weighted by molar-refractivity contribution is 0.334. The van der Waals surface area contributed by atoms with Crippen LogP contribution >= 0.6 is 34.4 Å². The van der Waals surface area contributed by atoms with Crippen LogP contribution in [0, 0.1) is 0 Å². The lowest BCUT2D eigenvalue weighted by Gasteiger charge is -2.17. The van der Waals surface area contributed by atoms with Crippen molar-refractivity contribution in [3.63, 3.8) is 0 Å². The third-order valence-electron chi connectivity index (χ3n) is 4.04. The molecular formula is C16H17N3OS3. The van der Waals surface area contributed by atoms with Crippen LogP contribution < -0.4 is 0 Å². The van der Waals surface area contributed by atoms with Crippen molar-refractivity contribution in [2.45, 2.75) is 49.0 Å². The molecule has 0 radical (unpaired) electrons. The van der Waals surface area contributed by atoms with E-state index >= 15 is 0 Å². The van der Waals surface area contributed by atoms with Crippen LogP contribution in [0.25, 0.3) is 10.6 Å². The maximum Gasteiger partial charge on any atom is 0.276 e. The molecule has 0 saturated heterocycles. The molecule has 0 aliphatic heterocycles. The highest BCUT2D eigenvalue weighted by Gasteiger charge is 2.21. The summed E-state index contributed by atoms with van der Waals surface area (Å²) in [5, 5.41) is 16.5. The molecule has 1 saturated carbocycles. The summed E-state index contributed by atoms with van der Waals surface area (Å²) in [5.74, 6) is 2.06. The second kappa shape index (κ2) is 7.15. The molecule has 4 rings (SSSR count). The lowest BCUT2D eigenvalue weighted by atomic mass is 9.89. The Morgan fingerprint density at radius 3 is 2.91 bits per heavy atom. The van der Waals surface area contributed by atoms with Gasteiger partial charge in [-0.05, 0) is 24.3 Å². The fraction of sp³-hybridized carbons (Fsp3) is 0.438. The quantitative estimate of drug-likeness (QED) is 0.553. The van der Waals surface area contributed by atoms with Crippen molar-refractivity contribution in [1.82, 2.24) is 15.2 Å². The summed E-state index contributed by atoms with van der Waals surface area (Å²) in [6.07, 6.45) is 6.26. The van der Waals surface area contributed by atoms with E-state index in [1.165, 1.54) is 37.7 Å². The molecule has 0 spiro atoms. The first-order valence-electron chi connectivity index (χ1n) is 7.81. The predicted molar refractivity (Wildman–Crippen MR) is 95.1 cm³/mol. The van der Waals surface area contributed by atoms with Gasteiger partial charge in [0.1, 0.15) is 5.01 Å². The van der Waals surface area contributed by atoms with E-state index in [-0.39, 0.29) is 0 Å². The molecule has 0 N–H and O–H groups in total. The van der Waals surface area contributed by atoms with Crippen LogP contribution in [-0.2, 0) is 5.75 Å². The van der Waals surface area contributed by atoms with E-state index in [4.69, 9.17) is 4.42 Å². The standard InChI is InChI=1S/C16H17N3OS3/c1-2-4-11(5-3-1)14-18-19-16(20-14)23-10-13-9-22-15(17-13)12-6-7-21-8-12/h6-9,11H,1-5,10H2. The zero-order valence-electron chi connectivity index (χ0n) is 12.6. The lowest BCUT2D eigenvalue weighted by Crippen LogP contribution is -2.04. The van der Waals surface area contributed by atoms with Gasteiger partial charge in [0.05, 0.1) is 5.69 Å². The average Bonchev–Trinajstić information content (AvgIpc) is 3.33. The van der Waals surface area contributed by atoms with Crippen molar-refractivity contribution in [2.24, 2.45) is 0 Å². The largest absolute Gasteiger partial charge is 0.416 e. The fourth-order valence-electron chi connectivity index (χ4n) is 2.82. The van der Waals surface area contributed by atoms with Crippen molar-refractivity contribution in [3.8, 4) is 10.6 Å². The van der Waals surface area contributed by atoms with Crippen molar-refractivity contribution < 1.29 is 4.42 Å². The molecule has 0 atom stereocenters. The topological polar surface area (TPSA) is 51.8 Å². The van der Waals surface area contributed by atoms with Crippen molar-refractivity contribution in [3.05, 3.63) is 33.8 Å².